The first-order valence-electron chi connectivity index (χ1n) is 6.39. The van der Waals surface area contributed by atoms with Gasteiger partial charge < -0.3 is 19.7 Å². The maximum atomic E-state index is 12.0. The van der Waals surface area contributed by atoms with Crippen molar-refractivity contribution in [2.45, 2.75) is 13.8 Å². The van der Waals surface area contributed by atoms with E-state index in [1.165, 1.54) is 17.9 Å². The molecular formula is C13H17BrN2O5. The third kappa shape index (κ3) is 5.22. The number of hydrogen-bond donors (Lipinski definition) is 2. The molecule has 2 amide bonds. The monoisotopic (exact) mass is 360 g/mol. The van der Waals surface area contributed by atoms with Gasteiger partial charge in [-0.25, -0.2) is 0 Å². The number of amides is 2. The minimum atomic E-state index is -0.967. The number of nitrogens with one attached hydrogen (secondary N) is 1. The van der Waals surface area contributed by atoms with Gasteiger partial charge in [0.1, 0.15) is 0 Å². The zero-order valence-corrected chi connectivity index (χ0v) is 13.3. The molecule has 1 atom stereocenters. The molecular weight excluding hydrogens is 344 g/mol. The fourth-order valence-electron chi connectivity index (χ4n) is 1.61. The van der Waals surface area contributed by atoms with Crippen LogP contribution >= 0.6 is 15.9 Å². The van der Waals surface area contributed by atoms with Gasteiger partial charge in [0.2, 0.25) is 5.91 Å². The number of furan rings is 1. The summed E-state index contributed by atoms with van der Waals surface area (Å²) in [7, 11) is 0. The van der Waals surface area contributed by atoms with Crippen LogP contribution in [-0.4, -0.2) is 47.4 Å². The van der Waals surface area contributed by atoms with Gasteiger partial charge in [-0.2, -0.15) is 0 Å². The van der Waals surface area contributed by atoms with E-state index in [9.17, 15) is 14.4 Å². The molecule has 0 spiro atoms. The van der Waals surface area contributed by atoms with Crippen LogP contribution in [0.4, 0.5) is 0 Å². The molecule has 1 aromatic heterocycles. The third-order valence-electron chi connectivity index (χ3n) is 2.85. The topological polar surface area (TPSA) is 99.9 Å². The Morgan fingerprint density at radius 1 is 1.43 bits per heavy atom. The standard InChI is InChI=1S/C13H17BrN2O5/c1-3-16(7-8(2)13(19)20)11(17)6-15-12(18)9-4-5-10(14)21-9/h4-5,8H,3,6-7H2,1-2H3,(H,15,18)(H,19,20). The van der Waals surface area contributed by atoms with Crippen LogP contribution in [0.15, 0.2) is 21.2 Å². The fraction of sp³-hybridized carbons (Fsp3) is 0.462. The number of carboxylic acids is 1. The minimum Gasteiger partial charge on any atom is -0.481 e. The Morgan fingerprint density at radius 2 is 2.10 bits per heavy atom. The first-order chi connectivity index (χ1) is 9.85. The van der Waals surface area contributed by atoms with E-state index < -0.39 is 17.8 Å². The number of hydrogen-bond acceptors (Lipinski definition) is 4. The van der Waals surface area contributed by atoms with Gasteiger partial charge in [0.05, 0.1) is 12.5 Å². The van der Waals surface area contributed by atoms with Crippen LogP contribution < -0.4 is 5.32 Å². The van der Waals surface area contributed by atoms with Gasteiger partial charge in [-0.3, -0.25) is 14.4 Å². The summed E-state index contributed by atoms with van der Waals surface area (Å²) in [6, 6.07) is 3.05. The normalized spacial score (nSPS) is 11.8. The lowest BCUT2D eigenvalue weighted by molar-refractivity contribution is -0.142. The van der Waals surface area contributed by atoms with Gasteiger partial charge >= 0.3 is 5.97 Å². The highest BCUT2D eigenvalue weighted by Crippen LogP contribution is 2.13. The molecule has 0 aliphatic heterocycles. The fourth-order valence-corrected chi connectivity index (χ4v) is 1.91. The lowest BCUT2D eigenvalue weighted by Crippen LogP contribution is -2.42. The van der Waals surface area contributed by atoms with Gasteiger partial charge in [-0.1, -0.05) is 6.92 Å². The molecule has 1 rings (SSSR count). The van der Waals surface area contributed by atoms with Crippen molar-refractivity contribution in [1.82, 2.24) is 10.2 Å². The molecule has 0 aliphatic carbocycles. The van der Waals surface area contributed by atoms with E-state index >= 15 is 0 Å². The second kappa shape index (κ2) is 7.82. The summed E-state index contributed by atoms with van der Waals surface area (Å²) in [5.74, 6) is -2.38. The summed E-state index contributed by atoms with van der Waals surface area (Å²) < 4.78 is 5.48. The second-order valence-corrected chi connectivity index (χ2v) is 5.24. The van der Waals surface area contributed by atoms with E-state index in [2.05, 4.69) is 21.2 Å². The molecule has 0 saturated carbocycles. The Balaban J connectivity index is 2.51. The van der Waals surface area contributed by atoms with E-state index in [-0.39, 0.29) is 24.8 Å². The van der Waals surface area contributed by atoms with Gasteiger partial charge in [-0.15, -0.1) is 0 Å². The van der Waals surface area contributed by atoms with Crippen LogP contribution in [0, 0.1) is 5.92 Å². The predicted molar refractivity (Wildman–Crippen MR) is 77.8 cm³/mol. The molecule has 0 bridgehead atoms. The van der Waals surface area contributed by atoms with Crippen LogP contribution in [0.25, 0.3) is 0 Å². The molecule has 0 aliphatic rings. The molecule has 1 heterocycles. The predicted octanol–water partition coefficient (Wildman–Crippen LogP) is 1.34. The van der Waals surface area contributed by atoms with Crippen molar-refractivity contribution in [3.63, 3.8) is 0 Å². The summed E-state index contributed by atoms with van der Waals surface area (Å²) in [5.41, 5.74) is 0. The maximum Gasteiger partial charge on any atom is 0.308 e. The number of rotatable bonds is 7. The Labute approximate surface area is 130 Å². The van der Waals surface area contributed by atoms with Crippen molar-refractivity contribution in [3.05, 3.63) is 22.6 Å². The van der Waals surface area contributed by atoms with Crippen molar-refractivity contribution in [1.29, 1.82) is 0 Å². The van der Waals surface area contributed by atoms with E-state index in [1.54, 1.807) is 13.0 Å². The van der Waals surface area contributed by atoms with Crippen LogP contribution in [0.1, 0.15) is 24.4 Å². The van der Waals surface area contributed by atoms with Crippen LogP contribution in [0.5, 0.6) is 0 Å². The molecule has 0 fully saturated rings. The SMILES string of the molecule is CCN(CC(C)C(=O)O)C(=O)CNC(=O)c1ccc(Br)o1. The average molecular weight is 361 g/mol. The van der Waals surface area contributed by atoms with Gasteiger partial charge in [0.25, 0.3) is 5.91 Å². The highest BCUT2D eigenvalue weighted by molar-refractivity contribution is 9.10. The molecule has 7 nitrogen and oxygen atoms in total. The largest absolute Gasteiger partial charge is 0.481 e. The first kappa shape index (κ1) is 17.2. The summed E-state index contributed by atoms with van der Waals surface area (Å²) in [6.07, 6.45) is 0. The summed E-state index contributed by atoms with van der Waals surface area (Å²) in [4.78, 5) is 35.9. The third-order valence-corrected chi connectivity index (χ3v) is 3.27. The van der Waals surface area contributed by atoms with Crippen LogP contribution in [-0.2, 0) is 9.59 Å². The van der Waals surface area contributed by atoms with Crippen molar-refractivity contribution in [2.75, 3.05) is 19.6 Å². The van der Waals surface area contributed by atoms with E-state index in [1.807, 2.05) is 0 Å². The van der Waals surface area contributed by atoms with E-state index in [4.69, 9.17) is 9.52 Å². The number of carbonyl (C=O) groups excluding carboxylic acids is 2. The molecule has 8 heteroatoms. The van der Waals surface area contributed by atoms with Crippen molar-refractivity contribution < 1.29 is 23.9 Å². The lowest BCUT2D eigenvalue weighted by atomic mass is 10.1. The zero-order chi connectivity index (χ0) is 16.0. The Bertz CT molecular complexity index is 528. The molecule has 1 unspecified atom stereocenters. The highest BCUT2D eigenvalue weighted by Gasteiger charge is 2.20. The molecule has 0 radical (unpaired) electrons. The summed E-state index contributed by atoms with van der Waals surface area (Å²) in [6.45, 7) is 3.54. The van der Waals surface area contributed by atoms with Gasteiger partial charge in [-0.05, 0) is 35.0 Å². The molecule has 1 aromatic rings. The number of likely N-dealkylation sites (N-methyl/N-ethyl adjacent to an activating group) is 1. The molecule has 2 N–H and O–H groups in total. The average Bonchev–Trinajstić information content (AvgIpc) is 2.87. The lowest BCUT2D eigenvalue weighted by Gasteiger charge is -2.22. The Kier molecular flexibility index (Phi) is 6.41. The van der Waals surface area contributed by atoms with E-state index in [0.29, 0.717) is 11.2 Å². The zero-order valence-electron chi connectivity index (χ0n) is 11.8. The Hall–Kier alpha value is -1.83. The van der Waals surface area contributed by atoms with Crippen LogP contribution in [0.2, 0.25) is 0 Å². The highest BCUT2D eigenvalue weighted by atomic mass is 79.9. The number of carbonyl (C=O) groups is 3. The number of halogens is 1. The van der Waals surface area contributed by atoms with E-state index in [0.717, 1.165) is 0 Å². The number of carboxylic acid groups (broad SMARTS) is 1. The summed E-state index contributed by atoms with van der Waals surface area (Å²) in [5, 5.41) is 11.3. The minimum absolute atomic E-state index is 0.0941. The molecule has 0 aromatic carbocycles. The van der Waals surface area contributed by atoms with Crippen molar-refractivity contribution >= 4 is 33.7 Å². The second-order valence-electron chi connectivity index (χ2n) is 4.46. The summed E-state index contributed by atoms with van der Waals surface area (Å²) >= 11 is 3.08. The first-order valence-corrected chi connectivity index (χ1v) is 7.18. The van der Waals surface area contributed by atoms with Crippen LogP contribution in [0.3, 0.4) is 0 Å². The Morgan fingerprint density at radius 3 is 2.57 bits per heavy atom. The number of nitrogens with zero attached hydrogens (tertiary/aromatic N) is 1. The molecule has 21 heavy (non-hydrogen) atoms. The molecule has 0 saturated heterocycles. The quantitative estimate of drug-likeness (QED) is 0.764. The number of aliphatic carboxylic acids is 1. The smallest absolute Gasteiger partial charge is 0.308 e. The van der Waals surface area contributed by atoms with Crippen molar-refractivity contribution in [3.8, 4) is 0 Å². The van der Waals surface area contributed by atoms with Gasteiger partial charge in [0, 0.05) is 13.1 Å². The van der Waals surface area contributed by atoms with Crippen molar-refractivity contribution in [2.24, 2.45) is 5.92 Å². The van der Waals surface area contributed by atoms with Gasteiger partial charge in [0.15, 0.2) is 10.4 Å². The maximum absolute atomic E-state index is 12.0. The molecule has 116 valence electrons.